The molecule has 0 aromatic heterocycles. The quantitative estimate of drug-likeness (QED) is 0.679. The number of aliphatic hydroxyl groups is 1. The van der Waals surface area contributed by atoms with Gasteiger partial charge in [-0.3, -0.25) is 0 Å². The van der Waals surface area contributed by atoms with Crippen molar-refractivity contribution < 1.29 is 10.2 Å². The first-order valence-corrected chi connectivity index (χ1v) is 3.62. The highest BCUT2D eigenvalue weighted by molar-refractivity contribution is 6.31. The van der Waals surface area contributed by atoms with Crippen LogP contribution in [0.15, 0.2) is 12.1 Å². The first-order chi connectivity index (χ1) is 5.15. The lowest BCUT2D eigenvalue weighted by molar-refractivity contribution is 0.281. The molecule has 0 unspecified atom stereocenters. The van der Waals surface area contributed by atoms with Gasteiger partial charge in [0.1, 0.15) is 5.75 Å². The van der Waals surface area contributed by atoms with Crippen LogP contribution in [0, 0.1) is 6.92 Å². The topological polar surface area (TPSA) is 40.5 Å². The first-order valence-electron chi connectivity index (χ1n) is 3.24. The normalized spacial score (nSPS) is 10.1. The fourth-order valence-corrected chi connectivity index (χ4v) is 1.10. The lowest BCUT2D eigenvalue weighted by atomic mass is 10.1. The van der Waals surface area contributed by atoms with Crippen molar-refractivity contribution in [1.82, 2.24) is 0 Å². The molecule has 0 saturated carbocycles. The number of benzene rings is 1. The Hall–Kier alpha value is -0.730. The summed E-state index contributed by atoms with van der Waals surface area (Å²) in [5.41, 5.74) is 1.27. The zero-order valence-electron chi connectivity index (χ0n) is 6.13. The van der Waals surface area contributed by atoms with E-state index in [0.717, 1.165) is 0 Å². The van der Waals surface area contributed by atoms with Crippen molar-refractivity contribution >= 4 is 11.6 Å². The molecule has 0 aliphatic rings. The summed E-state index contributed by atoms with van der Waals surface area (Å²) in [5, 5.41) is 18.4. The highest BCUT2D eigenvalue weighted by Gasteiger charge is 2.02. The molecule has 1 aromatic rings. The zero-order chi connectivity index (χ0) is 8.43. The van der Waals surface area contributed by atoms with E-state index >= 15 is 0 Å². The summed E-state index contributed by atoms with van der Waals surface area (Å²) in [4.78, 5) is 0. The van der Waals surface area contributed by atoms with Crippen LogP contribution in [0.5, 0.6) is 5.75 Å². The molecule has 3 heteroatoms. The van der Waals surface area contributed by atoms with Gasteiger partial charge in [0.25, 0.3) is 0 Å². The Morgan fingerprint density at radius 3 is 2.64 bits per heavy atom. The van der Waals surface area contributed by atoms with Gasteiger partial charge in [-0.1, -0.05) is 11.6 Å². The second-order valence-electron chi connectivity index (χ2n) is 2.39. The van der Waals surface area contributed by atoms with E-state index in [0.29, 0.717) is 16.1 Å². The minimum Gasteiger partial charge on any atom is -0.508 e. The predicted octanol–water partition coefficient (Wildman–Crippen LogP) is 1.85. The molecular weight excluding hydrogens is 164 g/mol. The van der Waals surface area contributed by atoms with Gasteiger partial charge in [0.05, 0.1) is 6.61 Å². The van der Waals surface area contributed by atoms with Gasteiger partial charge in [0.15, 0.2) is 0 Å². The lowest BCUT2D eigenvalue weighted by Gasteiger charge is -2.03. The average Bonchev–Trinajstić information content (AvgIpc) is 1.97. The van der Waals surface area contributed by atoms with Gasteiger partial charge in [-0.05, 0) is 30.2 Å². The number of rotatable bonds is 1. The third kappa shape index (κ3) is 1.64. The summed E-state index contributed by atoms with van der Waals surface area (Å²) < 4.78 is 0. The third-order valence-electron chi connectivity index (χ3n) is 1.54. The van der Waals surface area contributed by atoms with Gasteiger partial charge in [-0.25, -0.2) is 0 Å². The number of aryl methyl sites for hydroxylation is 1. The van der Waals surface area contributed by atoms with E-state index in [1.807, 2.05) is 0 Å². The van der Waals surface area contributed by atoms with Crippen LogP contribution in [0.1, 0.15) is 11.1 Å². The van der Waals surface area contributed by atoms with E-state index in [9.17, 15) is 5.11 Å². The molecule has 0 atom stereocenters. The maximum atomic E-state index is 9.19. The van der Waals surface area contributed by atoms with Gasteiger partial charge in [0.2, 0.25) is 0 Å². The van der Waals surface area contributed by atoms with E-state index in [4.69, 9.17) is 16.7 Å². The summed E-state index contributed by atoms with van der Waals surface area (Å²) >= 11 is 5.73. The number of phenols is 1. The molecule has 1 rings (SSSR count). The van der Waals surface area contributed by atoms with Crippen molar-refractivity contribution in [2.45, 2.75) is 13.5 Å². The molecule has 0 aliphatic carbocycles. The fourth-order valence-electron chi connectivity index (χ4n) is 0.826. The predicted molar refractivity (Wildman–Crippen MR) is 43.8 cm³/mol. The van der Waals surface area contributed by atoms with Crippen LogP contribution in [-0.4, -0.2) is 10.2 Å². The number of hydrogen-bond donors (Lipinski definition) is 2. The van der Waals surface area contributed by atoms with E-state index in [2.05, 4.69) is 0 Å². The number of halogens is 1. The van der Waals surface area contributed by atoms with Crippen LogP contribution < -0.4 is 0 Å². The van der Waals surface area contributed by atoms with E-state index in [1.165, 1.54) is 6.07 Å². The smallest absolute Gasteiger partial charge is 0.118 e. The maximum absolute atomic E-state index is 9.19. The summed E-state index contributed by atoms with van der Waals surface area (Å²) in [7, 11) is 0. The highest BCUT2D eigenvalue weighted by Crippen LogP contribution is 2.25. The van der Waals surface area contributed by atoms with Gasteiger partial charge >= 0.3 is 0 Å². The summed E-state index contributed by atoms with van der Waals surface area (Å²) in [6, 6.07) is 3.10. The van der Waals surface area contributed by atoms with Crippen molar-refractivity contribution in [1.29, 1.82) is 0 Å². The molecule has 0 aliphatic heterocycles. The summed E-state index contributed by atoms with van der Waals surface area (Å²) in [5.74, 6) is 0.165. The second-order valence-corrected chi connectivity index (χ2v) is 2.80. The number of hydrogen-bond acceptors (Lipinski definition) is 2. The molecular formula is C8H9ClO2. The zero-order valence-corrected chi connectivity index (χ0v) is 6.89. The van der Waals surface area contributed by atoms with Crippen LogP contribution in [0.3, 0.4) is 0 Å². The molecule has 0 fully saturated rings. The molecule has 1 aromatic carbocycles. The van der Waals surface area contributed by atoms with Gasteiger partial charge in [0, 0.05) is 5.02 Å². The molecule has 2 N–H and O–H groups in total. The van der Waals surface area contributed by atoms with Crippen LogP contribution in [0.2, 0.25) is 5.02 Å². The third-order valence-corrected chi connectivity index (χ3v) is 1.89. The van der Waals surface area contributed by atoms with Crippen LogP contribution in [0.25, 0.3) is 0 Å². The Balaban J connectivity index is 3.21. The number of aliphatic hydroxyl groups excluding tert-OH is 1. The van der Waals surface area contributed by atoms with Crippen molar-refractivity contribution in [2.75, 3.05) is 0 Å². The minimum absolute atomic E-state index is 0.146. The van der Waals surface area contributed by atoms with Crippen molar-refractivity contribution in [3.05, 3.63) is 28.3 Å². The Bertz CT molecular complexity index is 271. The van der Waals surface area contributed by atoms with Crippen LogP contribution in [-0.2, 0) is 6.61 Å². The van der Waals surface area contributed by atoms with Crippen molar-refractivity contribution in [3.63, 3.8) is 0 Å². The van der Waals surface area contributed by atoms with Crippen molar-refractivity contribution in [2.24, 2.45) is 0 Å². The largest absolute Gasteiger partial charge is 0.508 e. The fraction of sp³-hybridized carbons (Fsp3) is 0.250. The molecule has 0 heterocycles. The van der Waals surface area contributed by atoms with E-state index in [-0.39, 0.29) is 12.4 Å². The molecule has 0 bridgehead atoms. The van der Waals surface area contributed by atoms with Gasteiger partial charge in [-0.15, -0.1) is 0 Å². The Morgan fingerprint density at radius 2 is 2.09 bits per heavy atom. The van der Waals surface area contributed by atoms with Crippen LogP contribution in [0.4, 0.5) is 0 Å². The SMILES string of the molecule is Cc1cc(Cl)c(CO)cc1O. The summed E-state index contributed by atoms with van der Waals surface area (Å²) in [6.45, 7) is 1.61. The number of aromatic hydroxyl groups is 1. The molecule has 0 spiro atoms. The Kier molecular flexibility index (Phi) is 2.37. The van der Waals surface area contributed by atoms with Crippen LogP contribution >= 0.6 is 11.6 Å². The van der Waals surface area contributed by atoms with Gasteiger partial charge in [-0.2, -0.15) is 0 Å². The van der Waals surface area contributed by atoms with Crippen molar-refractivity contribution in [3.8, 4) is 5.75 Å². The second kappa shape index (κ2) is 3.11. The molecule has 0 radical (unpaired) electrons. The molecule has 0 saturated heterocycles. The minimum atomic E-state index is -0.146. The lowest BCUT2D eigenvalue weighted by Crippen LogP contribution is -1.86. The molecule has 60 valence electrons. The van der Waals surface area contributed by atoms with E-state index < -0.39 is 0 Å². The molecule has 0 amide bonds. The Morgan fingerprint density at radius 1 is 1.45 bits per heavy atom. The maximum Gasteiger partial charge on any atom is 0.118 e. The monoisotopic (exact) mass is 172 g/mol. The average molecular weight is 173 g/mol. The Labute approximate surface area is 70.1 Å². The number of phenolic OH excluding ortho intramolecular Hbond substituents is 1. The van der Waals surface area contributed by atoms with Gasteiger partial charge < -0.3 is 10.2 Å². The molecule has 11 heavy (non-hydrogen) atoms. The highest BCUT2D eigenvalue weighted by atomic mass is 35.5. The molecule has 2 nitrogen and oxygen atoms in total. The standard InChI is InChI=1S/C8H9ClO2/c1-5-2-7(9)6(4-10)3-8(5)11/h2-3,10-11H,4H2,1H3. The summed E-state index contributed by atoms with van der Waals surface area (Å²) in [6.07, 6.45) is 0. The van der Waals surface area contributed by atoms with E-state index in [1.54, 1.807) is 13.0 Å². The first kappa shape index (κ1) is 8.37.